The third kappa shape index (κ3) is 3.57. The van der Waals surface area contributed by atoms with Crippen molar-refractivity contribution in [3.63, 3.8) is 0 Å². The molecule has 0 bridgehead atoms. The van der Waals surface area contributed by atoms with Gasteiger partial charge in [-0.25, -0.2) is 8.78 Å². The Morgan fingerprint density at radius 2 is 2.00 bits per heavy atom. The second kappa shape index (κ2) is 6.66. The van der Waals surface area contributed by atoms with Gasteiger partial charge in [0, 0.05) is 15.5 Å². The maximum absolute atomic E-state index is 13.7. The van der Waals surface area contributed by atoms with Crippen LogP contribution in [0.15, 0.2) is 40.9 Å². The van der Waals surface area contributed by atoms with E-state index in [1.807, 2.05) is 12.1 Å². The van der Waals surface area contributed by atoms with Crippen LogP contribution in [0.25, 0.3) is 0 Å². The lowest BCUT2D eigenvalue weighted by molar-refractivity contribution is 0.487. The highest BCUT2D eigenvalue weighted by Gasteiger charge is 2.15. The van der Waals surface area contributed by atoms with Crippen molar-refractivity contribution < 1.29 is 8.78 Å². The van der Waals surface area contributed by atoms with Crippen LogP contribution >= 0.6 is 27.5 Å². The molecule has 0 saturated carbocycles. The molecular formula is C15H13BrClF2N. The minimum atomic E-state index is -0.829. The first-order chi connectivity index (χ1) is 9.51. The Bertz CT molecular complexity index is 599. The predicted molar refractivity (Wildman–Crippen MR) is 81.0 cm³/mol. The van der Waals surface area contributed by atoms with Gasteiger partial charge in [-0.2, -0.15) is 0 Å². The number of rotatable bonds is 4. The topological polar surface area (TPSA) is 12.0 Å². The van der Waals surface area contributed by atoms with Gasteiger partial charge in [-0.05, 0) is 48.9 Å². The van der Waals surface area contributed by atoms with Crippen LogP contribution in [0.4, 0.5) is 8.78 Å². The molecule has 5 heteroatoms. The van der Waals surface area contributed by atoms with E-state index in [0.29, 0.717) is 17.0 Å². The Hall–Kier alpha value is -0.970. The van der Waals surface area contributed by atoms with Gasteiger partial charge in [-0.1, -0.05) is 39.7 Å². The molecule has 1 nitrogen and oxygen atoms in total. The summed E-state index contributed by atoms with van der Waals surface area (Å²) in [7, 11) is 1.77. The summed E-state index contributed by atoms with van der Waals surface area (Å²) in [6, 6.07) is 9.55. The highest BCUT2D eigenvalue weighted by atomic mass is 79.9. The maximum Gasteiger partial charge on any atom is 0.162 e. The molecule has 1 unspecified atom stereocenters. The van der Waals surface area contributed by atoms with E-state index in [1.165, 1.54) is 6.07 Å². The zero-order chi connectivity index (χ0) is 14.7. The summed E-state index contributed by atoms with van der Waals surface area (Å²) in [5.41, 5.74) is 1.25. The number of hydrogen-bond acceptors (Lipinski definition) is 1. The van der Waals surface area contributed by atoms with E-state index < -0.39 is 11.6 Å². The summed E-state index contributed by atoms with van der Waals surface area (Å²) >= 11 is 9.39. The Kier molecular flexibility index (Phi) is 5.13. The molecule has 2 aromatic rings. The smallest absolute Gasteiger partial charge is 0.162 e. The third-order valence-corrected chi connectivity index (χ3v) is 3.77. The van der Waals surface area contributed by atoms with Gasteiger partial charge in [0.25, 0.3) is 0 Å². The normalized spacial score (nSPS) is 12.4. The molecule has 106 valence electrons. The number of likely N-dealkylation sites (N-methyl/N-ethyl adjacent to an activating group) is 1. The van der Waals surface area contributed by atoms with Crippen LogP contribution in [-0.4, -0.2) is 7.05 Å². The van der Waals surface area contributed by atoms with Crippen molar-refractivity contribution in [1.29, 1.82) is 0 Å². The van der Waals surface area contributed by atoms with Crippen molar-refractivity contribution in [2.45, 2.75) is 12.5 Å². The number of halogens is 4. The Morgan fingerprint density at radius 1 is 1.25 bits per heavy atom. The molecule has 0 radical (unpaired) electrons. The third-order valence-electron chi connectivity index (χ3n) is 3.09. The van der Waals surface area contributed by atoms with Crippen molar-refractivity contribution in [1.82, 2.24) is 5.32 Å². The minimum Gasteiger partial charge on any atom is -0.313 e. The predicted octanol–water partition coefficient (Wildman–Crippen LogP) is 4.88. The number of nitrogens with one attached hydrogen (secondary N) is 1. The van der Waals surface area contributed by atoms with Gasteiger partial charge < -0.3 is 5.32 Å². The van der Waals surface area contributed by atoms with Crippen LogP contribution in [0.5, 0.6) is 0 Å². The Morgan fingerprint density at radius 3 is 2.65 bits per heavy atom. The fourth-order valence-corrected chi connectivity index (χ4v) is 2.98. The Labute approximate surface area is 130 Å². The molecule has 1 N–H and O–H groups in total. The monoisotopic (exact) mass is 359 g/mol. The van der Waals surface area contributed by atoms with Crippen molar-refractivity contribution in [2.75, 3.05) is 7.05 Å². The fraction of sp³-hybridized carbons (Fsp3) is 0.200. The first kappa shape index (κ1) is 15.4. The second-order valence-corrected chi connectivity index (χ2v) is 5.81. The second-order valence-electron chi connectivity index (χ2n) is 4.46. The summed E-state index contributed by atoms with van der Waals surface area (Å²) in [6.07, 6.45) is 0.340. The highest BCUT2D eigenvalue weighted by Crippen LogP contribution is 2.27. The average molecular weight is 361 g/mol. The van der Waals surface area contributed by atoms with Gasteiger partial charge >= 0.3 is 0 Å². The van der Waals surface area contributed by atoms with Crippen LogP contribution in [0.1, 0.15) is 17.2 Å². The SMILES string of the molecule is CNC(Cc1cccc(F)c1F)c1cc(Cl)cc(Br)c1. The molecule has 0 aliphatic heterocycles. The van der Waals surface area contributed by atoms with E-state index in [-0.39, 0.29) is 6.04 Å². The van der Waals surface area contributed by atoms with Gasteiger partial charge in [-0.15, -0.1) is 0 Å². The number of hydrogen-bond donors (Lipinski definition) is 1. The van der Waals surface area contributed by atoms with Gasteiger partial charge in [0.2, 0.25) is 0 Å². The highest BCUT2D eigenvalue weighted by molar-refractivity contribution is 9.10. The van der Waals surface area contributed by atoms with Crippen molar-refractivity contribution >= 4 is 27.5 Å². The zero-order valence-electron chi connectivity index (χ0n) is 10.8. The lowest BCUT2D eigenvalue weighted by atomic mass is 9.98. The largest absolute Gasteiger partial charge is 0.313 e. The van der Waals surface area contributed by atoms with Crippen molar-refractivity contribution in [3.8, 4) is 0 Å². The fourth-order valence-electron chi connectivity index (χ4n) is 2.09. The molecule has 2 aromatic carbocycles. The summed E-state index contributed by atoms with van der Waals surface area (Å²) < 4.78 is 27.8. The molecule has 1 atom stereocenters. The van der Waals surface area contributed by atoms with Crippen molar-refractivity contribution in [3.05, 3.63) is 68.7 Å². The molecule has 0 aromatic heterocycles. The first-order valence-electron chi connectivity index (χ1n) is 6.07. The minimum absolute atomic E-state index is 0.152. The molecule has 2 rings (SSSR count). The van der Waals surface area contributed by atoms with Gasteiger partial charge in [-0.3, -0.25) is 0 Å². The molecule has 0 aliphatic carbocycles. The van der Waals surface area contributed by atoms with E-state index in [9.17, 15) is 8.78 Å². The zero-order valence-corrected chi connectivity index (χ0v) is 13.1. The summed E-state index contributed by atoms with van der Waals surface area (Å²) in [6.45, 7) is 0. The summed E-state index contributed by atoms with van der Waals surface area (Å²) in [5, 5.41) is 3.69. The molecule has 20 heavy (non-hydrogen) atoms. The molecule has 0 spiro atoms. The van der Waals surface area contributed by atoms with E-state index in [0.717, 1.165) is 16.1 Å². The van der Waals surface area contributed by atoms with Crippen LogP contribution in [0.3, 0.4) is 0 Å². The summed E-state index contributed by atoms with van der Waals surface area (Å²) in [5.74, 6) is -1.63. The maximum atomic E-state index is 13.7. The lowest BCUT2D eigenvalue weighted by Crippen LogP contribution is -2.19. The molecule has 0 amide bonds. The van der Waals surface area contributed by atoms with Crippen LogP contribution in [0.2, 0.25) is 5.02 Å². The van der Waals surface area contributed by atoms with Crippen LogP contribution in [0, 0.1) is 11.6 Å². The molecular weight excluding hydrogens is 348 g/mol. The van der Waals surface area contributed by atoms with E-state index in [2.05, 4.69) is 21.2 Å². The quantitative estimate of drug-likeness (QED) is 0.819. The molecule has 0 fully saturated rings. The Balaban J connectivity index is 2.31. The van der Waals surface area contributed by atoms with Gasteiger partial charge in [0.15, 0.2) is 11.6 Å². The van der Waals surface area contributed by atoms with Gasteiger partial charge in [0.05, 0.1) is 0 Å². The standard InChI is InChI=1S/C15H13BrClF2N/c1-20-14(10-5-11(16)8-12(17)6-10)7-9-3-2-4-13(18)15(9)19/h2-6,8,14,20H,7H2,1H3. The molecule has 0 heterocycles. The summed E-state index contributed by atoms with van der Waals surface area (Å²) in [4.78, 5) is 0. The first-order valence-corrected chi connectivity index (χ1v) is 7.24. The average Bonchev–Trinajstić information content (AvgIpc) is 2.39. The van der Waals surface area contributed by atoms with E-state index >= 15 is 0 Å². The lowest BCUT2D eigenvalue weighted by Gasteiger charge is -2.18. The van der Waals surface area contributed by atoms with Crippen LogP contribution in [-0.2, 0) is 6.42 Å². The van der Waals surface area contributed by atoms with Crippen molar-refractivity contribution in [2.24, 2.45) is 0 Å². The number of benzene rings is 2. The van der Waals surface area contributed by atoms with E-state index in [1.54, 1.807) is 19.2 Å². The molecule has 0 aliphatic rings. The molecule has 0 saturated heterocycles. The van der Waals surface area contributed by atoms with Gasteiger partial charge in [0.1, 0.15) is 0 Å². The van der Waals surface area contributed by atoms with Crippen LogP contribution < -0.4 is 5.32 Å². The van der Waals surface area contributed by atoms with E-state index in [4.69, 9.17) is 11.6 Å².